The van der Waals surface area contributed by atoms with Gasteiger partial charge in [-0.3, -0.25) is 0 Å². The Morgan fingerprint density at radius 3 is 2.65 bits per heavy atom. The third kappa shape index (κ3) is 3.08. The number of benzene rings is 1. The summed E-state index contributed by atoms with van der Waals surface area (Å²) in [6, 6.07) is 5.10. The fourth-order valence-electron chi connectivity index (χ4n) is 1.92. The lowest BCUT2D eigenvalue weighted by molar-refractivity contribution is 0.619. The van der Waals surface area contributed by atoms with Gasteiger partial charge in [-0.1, -0.05) is 25.5 Å². The van der Waals surface area contributed by atoms with Crippen LogP contribution in [0.2, 0.25) is 0 Å². The van der Waals surface area contributed by atoms with Crippen molar-refractivity contribution in [3.05, 3.63) is 38.8 Å². The molecule has 0 unspecified atom stereocenters. The molecule has 0 bridgehead atoms. The van der Waals surface area contributed by atoms with Gasteiger partial charge in [-0.25, -0.2) is 14.4 Å². The van der Waals surface area contributed by atoms with Crippen LogP contribution < -0.4 is 5.32 Å². The molecule has 0 aliphatic heterocycles. The van der Waals surface area contributed by atoms with Gasteiger partial charge in [0.25, 0.3) is 0 Å². The summed E-state index contributed by atoms with van der Waals surface area (Å²) >= 11 is 2.25. The molecule has 2 rings (SSSR count). The Labute approximate surface area is 132 Å². The molecule has 1 heterocycles. The first-order valence-electron chi connectivity index (χ1n) is 6.57. The van der Waals surface area contributed by atoms with Crippen molar-refractivity contribution in [2.75, 3.05) is 12.4 Å². The highest BCUT2D eigenvalue weighted by atomic mass is 127. The zero-order chi connectivity index (χ0) is 14.7. The van der Waals surface area contributed by atoms with Crippen molar-refractivity contribution >= 4 is 28.4 Å². The number of nitrogens with one attached hydrogen (secondary N) is 1. The topological polar surface area (TPSA) is 37.8 Å². The Balaban J connectivity index is 2.55. The summed E-state index contributed by atoms with van der Waals surface area (Å²) in [4.78, 5) is 9.06. The number of aryl methyl sites for hydroxylation is 2. The van der Waals surface area contributed by atoms with Crippen LogP contribution in [0.4, 0.5) is 10.2 Å². The average Bonchev–Trinajstić information content (AvgIpc) is 2.44. The minimum Gasteiger partial charge on any atom is -0.372 e. The molecule has 0 saturated carbocycles. The smallest absolute Gasteiger partial charge is 0.161 e. The summed E-state index contributed by atoms with van der Waals surface area (Å²) < 4.78 is 14.7. The molecule has 20 heavy (non-hydrogen) atoms. The zero-order valence-corrected chi connectivity index (χ0v) is 14.0. The molecule has 106 valence electrons. The maximum absolute atomic E-state index is 13.7. The van der Waals surface area contributed by atoms with Crippen LogP contribution >= 0.6 is 22.6 Å². The van der Waals surface area contributed by atoms with E-state index in [-0.39, 0.29) is 5.82 Å². The Kier molecular flexibility index (Phi) is 4.91. The SMILES string of the molecule is CCCc1nc(-c2ccc(C)c(F)c2)nc(NC)c1I. The van der Waals surface area contributed by atoms with Gasteiger partial charge in [-0.05, 0) is 47.6 Å². The summed E-state index contributed by atoms with van der Waals surface area (Å²) in [5, 5.41) is 3.08. The van der Waals surface area contributed by atoms with Crippen LogP contribution in [-0.2, 0) is 6.42 Å². The lowest BCUT2D eigenvalue weighted by atomic mass is 10.1. The molecule has 1 aromatic heterocycles. The lowest BCUT2D eigenvalue weighted by Gasteiger charge is -2.11. The lowest BCUT2D eigenvalue weighted by Crippen LogP contribution is -2.05. The fourth-order valence-corrected chi connectivity index (χ4v) is 2.70. The van der Waals surface area contributed by atoms with Crippen LogP contribution in [0.5, 0.6) is 0 Å². The van der Waals surface area contributed by atoms with Gasteiger partial charge in [0.05, 0.1) is 9.26 Å². The summed E-state index contributed by atoms with van der Waals surface area (Å²) in [6.07, 6.45) is 1.90. The van der Waals surface area contributed by atoms with E-state index >= 15 is 0 Å². The molecular weight excluding hydrogens is 368 g/mol. The molecule has 0 atom stereocenters. The number of rotatable bonds is 4. The standard InChI is InChI=1S/C15H17FIN3/c1-4-5-12-13(17)15(18-3)20-14(19-12)10-7-6-9(2)11(16)8-10/h6-8H,4-5H2,1-3H3,(H,18,19,20). The maximum Gasteiger partial charge on any atom is 0.161 e. The van der Waals surface area contributed by atoms with Gasteiger partial charge in [0, 0.05) is 12.6 Å². The van der Waals surface area contributed by atoms with Gasteiger partial charge in [-0.2, -0.15) is 0 Å². The van der Waals surface area contributed by atoms with Gasteiger partial charge in [0.1, 0.15) is 11.6 Å². The Bertz CT molecular complexity index is 629. The molecule has 0 fully saturated rings. The molecule has 3 nitrogen and oxygen atoms in total. The number of hydrogen-bond donors (Lipinski definition) is 1. The number of nitrogens with zero attached hydrogens (tertiary/aromatic N) is 2. The van der Waals surface area contributed by atoms with E-state index in [1.165, 1.54) is 6.07 Å². The molecule has 0 amide bonds. The Morgan fingerprint density at radius 1 is 1.30 bits per heavy atom. The van der Waals surface area contributed by atoms with Crippen molar-refractivity contribution < 1.29 is 4.39 Å². The van der Waals surface area contributed by atoms with E-state index in [4.69, 9.17) is 0 Å². The molecule has 1 N–H and O–H groups in total. The average molecular weight is 385 g/mol. The molecule has 1 aromatic carbocycles. The molecule has 0 spiro atoms. The highest BCUT2D eigenvalue weighted by molar-refractivity contribution is 14.1. The quantitative estimate of drug-likeness (QED) is 0.803. The minimum atomic E-state index is -0.229. The summed E-state index contributed by atoms with van der Waals surface area (Å²) in [7, 11) is 1.83. The van der Waals surface area contributed by atoms with Crippen molar-refractivity contribution in [3.63, 3.8) is 0 Å². The second kappa shape index (κ2) is 6.47. The van der Waals surface area contributed by atoms with E-state index in [9.17, 15) is 4.39 Å². The van der Waals surface area contributed by atoms with Gasteiger partial charge < -0.3 is 5.32 Å². The van der Waals surface area contributed by atoms with Crippen LogP contribution in [0.1, 0.15) is 24.6 Å². The van der Waals surface area contributed by atoms with Crippen molar-refractivity contribution in [3.8, 4) is 11.4 Å². The molecule has 0 aliphatic carbocycles. The first-order valence-corrected chi connectivity index (χ1v) is 7.65. The zero-order valence-electron chi connectivity index (χ0n) is 11.8. The molecule has 0 radical (unpaired) electrons. The molecule has 5 heteroatoms. The van der Waals surface area contributed by atoms with Crippen LogP contribution in [0, 0.1) is 16.3 Å². The molecular formula is C15H17FIN3. The summed E-state index contributed by atoms with van der Waals surface area (Å²) in [5.41, 5.74) is 2.34. The van der Waals surface area contributed by atoms with Crippen molar-refractivity contribution in [1.29, 1.82) is 0 Å². The van der Waals surface area contributed by atoms with Gasteiger partial charge in [0.15, 0.2) is 5.82 Å². The van der Waals surface area contributed by atoms with Crippen molar-refractivity contribution in [2.45, 2.75) is 26.7 Å². The highest BCUT2D eigenvalue weighted by Gasteiger charge is 2.13. The second-order valence-corrected chi connectivity index (χ2v) is 5.70. The minimum absolute atomic E-state index is 0.229. The predicted octanol–water partition coefficient (Wildman–Crippen LogP) is 4.19. The third-order valence-electron chi connectivity index (χ3n) is 3.07. The van der Waals surface area contributed by atoms with E-state index in [1.54, 1.807) is 13.0 Å². The van der Waals surface area contributed by atoms with Gasteiger partial charge in [-0.15, -0.1) is 0 Å². The van der Waals surface area contributed by atoms with Gasteiger partial charge in [0.2, 0.25) is 0 Å². The predicted molar refractivity (Wildman–Crippen MR) is 88.4 cm³/mol. The largest absolute Gasteiger partial charge is 0.372 e. The first-order chi connectivity index (χ1) is 9.56. The van der Waals surface area contributed by atoms with E-state index < -0.39 is 0 Å². The van der Waals surface area contributed by atoms with Crippen LogP contribution in [0.25, 0.3) is 11.4 Å². The maximum atomic E-state index is 13.7. The molecule has 0 saturated heterocycles. The van der Waals surface area contributed by atoms with Gasteiger partial charge >= 0.3 is 0 Å². The van der Waals surface area contributed by atoms with E-state index in [0.717, 1.165) is 27.9 Å². The van der Waals surface area contributed by atoms with Crippen molar-refractivity contribution in [2.24, 2.45) is 0 Å². The van der Waals surface area contributed by atoms with E-state index in [2.05, 4.69) is 44.8 Å². The first kappa shape index (κ1) is 15.2. The van der Waals surface area contributed by atoms with Crippen LogP contribution in [0.15, 0.2) is 18.2 Å². The fraction of sp³-hybridized carbons (Fsp3) is 0.333. The number of halogens is 2. The normalized spacial score (nSPS) is 10.7. The van der Waals surface area contributed by atoms with Crippen molar-refractivity contribution in [1.82, 2.24) is 9.97 Å². The molecule has 2 aromatic rings. The summed E-state index contributed by atoms with van der Waals surface area (Å²) in [6.45, 7) is 3.86. The van der Waals surface area contributed by atoms with E-state index in [1.807, 2.05) is 13.1 Å². The highest BCUT2D eigenvalue weighted by Crippen LogP contribution is 2.25. The number of hydrogen-bond acceptors (Lipinski definition) is 3. The van der Waals surface area contributed by atoms with E-state index in [0.29, 0.717) is 17.0 Å². The number of anilines is 1. The van der Waals surface area contributed by atoms with Crippen LogP contribution in [0.3, 0.4) is 0 Å². The summed E-state index contributed by atoms with van der Waals surface area (Å²) in [5.74, 6) is 1.13. The Morgan fingerprint density at radius 2 is 2.05 bits per heavy atom. The third-order valence-corrected chi connectivity index (χ3v) is 4.21. The monoisotopic (exact) mass is 385 g/mol. The Hall–Kier alpha value is -1.24. The molecule has 0 aliphatic rings. The van der Waals surface area contributed by atoms with Crippen LogP contribution in [-0.4, -0.2) is 17.0 Å². The number of aromatic nitrogens is 2. The second-order valence-electron chi connectivity index (χ2n) is 4.62.